The van der Waals surface area contributed by atoms with Crippen LogP contribution in [0.3, 0.4) is 0 Å². The second kappa shape index (κ2) is 7.57. The van der Waals surface area contributed by atoms with Crippen LogP contribution in [-0.2, 0) is 4.74 Å². The van der Waals surface area contributed by atoms with Gasteiger partial charge in [0.05, 0.1) is 12.8 Å². The van der Waals surface area contributed by atoms with E-state index in [2.05, 4.69) is 37.6 Å². The van der Waals surface area contributed by atoms with Crippen molar-refractivity contribution in [3.63, 3.8) is 0 Å². The van der Waals surface area contributed by atoms with E-state index in [0.717, 1.165) is 23.3 Å². The lowest BCUT2D eigenvalue weighted by atomic mass is 10.1. The van der Waals surface area contributed by atoms with Gasteiger partial charge in [-0.2, -0.15) is 0 Å². The zero-order valence-electron chi connectivity index (χ0n) is 12.3. The second-order valence-corrected chi connectivity index (χ2v) is 4.63. The highest BCUT2D eigenvalue weighted by molar-refractivity contribution is 5.78. The topological polar surface area (TPSA) is 21.6 Å². The van der Waals surface area contributed by atoms with Crippen LogP contribution in [0, 0.1) is 5.92 Å². The van der Waals surface area contributed by atoms with Crippen LogP contribution in [0.25, 0.3) is 5.70 Å². The van der Waals surface area contributed by atoms with Crippen LogP contribution >= 0.6 is 0 Å². The fourth-order valence-corrected chi connectivity index (χ4v) is 1.58. The molecule has 0 saturated carbocycles. The van der Waals surface area contributed by atoms with Gasteiger partial charge in [0.25, 0.3) is 0 Å². The number of ether oxygens (including phenoxy) is 1. The highest BCUT2D eigenvalue weighted by Crippen LogP contribution is 2.24. The standard InChI is InChI=1S/C17H23NO/c1-6-13(2)12-18-17(14(3)15(4)19-5)16-10-8-7-9-11-16/h7-13H,4,6H2,1-3,5H3/b17-14-,18-12?/t13-/m1/s1. The highest BCUT2D eigenvalue weighted by Gasteiger charge is 2.08. The summed E-state index contributed by atoms with van der Waals surface area (Å²) in [5.74, 6) is 1.11. The van der Waals surface area contributed by atoms with E-state index in [1.54, 1.807) is 7.11 Å². The summed E-state index contributed by atoms with van der Waals surface area (Å²) >= 11 is 0. The molecular formula is C17H23NO. The molecule has 0 N–H and O–H groups in total. The maximum atomic E-state index is 5.22. The molecule has 0 unspecified atom stereocenters. The Kier molecular flexibility index (Phi) is 6.07. The Morgan fingerprint density at radius 3 is 2.53 bits per heavy atom. The minimum Gasteiger partial charge on any atom is -0.497 e. The third-order valence-electron chi connectivity index (χ3n) is 3.17. The molecule has 0 aromatic heterocycles. The van der Waals surface area contributed by atoms with Gasteiger partial charge in [0.1, 0.15) is 5.76 Å². The lowest BCUT2D eigenvalue weighted by Gasteiger charge is -2.11. The number of hydrogen-bond acceptors (Lipinski definition) is 2. The molecule has 1 aromatic rings. The molecule has 0 saturated heterocycles. The molecule has 2 heteroatoms. The summed E-state index contributed by atoms with van der Waals surface area (Å²) in [6, 6.07) is 10.1. The van der Waals surface area contributed by atoms with Crippen LogP contribution in [0.15, 0.2) is 53.2 Å². The molecule has 0 aliphatic heterocycles. The van der Waals surface area contributed by atoms with E-state index in [1.165, 1.54) is 0 Å². The molecule has 0 bridgehead atoms. The SMILES string of the molecule is C=C(OC)/C(C)=C(\N=C[C@H](C)CC)c1ccccc1. The third kappa shape index (κ3) is 4.40. The molecule has 19 heavy (non-hydrogen) atoms. The molecule has 0 aliphatic carbocycles. The molecule has 0 aliphatic rings. The molecule has 0 fully saturated rings. The average Bonchev–Trinajstić information content (AvgIpc) is 2.47. The van der Waals surface area contributed by atoms with Gasteiger partial charge in [-0.3, -0.25) is 4.99 Å². The van der Waals surface area contributed by atoms with E-state index in [1.807, 2.05) is 31.3 Å². The van der Waals surface area contributed by atoms with Crippen molar-refractivity contribution in [1.82, 2.24) is 0 Å². The highest BCUT2D eigenvalue weighted by atomic mass is 16.5. The number of allylic oxidation sites excluding steroid dienone is 1. The predicted octanol–water partition coefficient (Wildman–Crippen LogP) is 4.69. The van der Waals surface area contributed by atoms with Crippen molar-refractivity contribution in [2.24, 2.45) is 10.9 Å². The maximum Gasteiger partial charge on any atom is 0.116 e. The molecule has 1 aromatic carbocycles. The van der Waals surface area contributed by atoms with Gasteiger partial charge in [-0.15, -0.1) is 0 Å². The average molecular weight is 257 g/mol. The number of rotatable bonds is 6. The smallest absolute Gasteiger partial charge is 0.116 e. The van der Waals surface area contributed by atoms with E-state index in [9.17, 15) is 0 Å². The normalized spacial score (nSPS) is 14.1. The van der Waals surface area contributed by atoms with E-state index in [4.69, 9.17) is 4.74 Å². The molecular weight excluding hydrogens is 234 g/mol. The van der Waals surface area contributed by atoms with Crippen molar-refractivity contribution < 1.29 is 4.74 Å². The van der Waals surface area contributed by atoms with Crippen LogP contribution < -0.4 is 0 Å². The van der Waals surface area contributed by atoms with Crippen molar-refractivity contribution in [2.45, 2.75) is 27.2 Å². The first kappa shape index (κ1) is 15.2. The zero-order valence-corrected chi connectivity index (χ0v) is 12.3. The van der Waals surface area contributed by atoms with Gasteiger partial charge in [-0.1, -0.05) is 50.8 Å². The molecule has 1 atom stereocenters. The third-order valence-corrected chi connectivity index (χ3v) is 3.17. The van der Waals surface area contributed by atoms with Crippen molar-refractivity contribution in [2.75, 3.05) is 7.11 Å². The van der Waals surface area contributed by atoms with Crippen LogP contribution in [0.1, 0.15) is 32.8 Å². The summed E-state index contributed by atoms with van der Waals surface area (Å²) in [6.45, 7) is 10.2. The number of nitrogens with zero attached hydrogens (tertiary/aromatic N) is 1. The Bertz CT molecular complexity index is 471. The Hall–Kier alpha value is -1.83. The quantitative estimate of drug-likeness (QED) is 0.411. The first-order chi connectivity index (χ1) is 9.10. The largest absolute Gasteiger partial charge is 0.497 e. The van der Waals surface area contributed by atoms with Crippen LogP contribution in [0.2, 0.25) is 0 Å². The van der Waals surface area contributed by atoms with Crippen LogP contribution in [-0.4, -0.2) is 13.3 Å². The van der Waals surface area contributed by atoms with Gasteiger partial charge >= 0.3 is 0 Å². The molecule has 0 heterocycles. The van der Waals surface area contributed by atoms with Crippen molar-refractivity contribution >= 4 is 11.9 Å². The predicted molar refractivity (Wildman–Crippen MR) is 83.1 cm³/mol. The molecule has 1 rings (SSSR count). The summed E-state index contributed by atoms with van der Waals surface area (Å²) in [5, 5.41) is 0. The second-order valence-electron chi connectivity index (χ2n) is 4.63. The van der Waals surface area contributed by atoms with Gasteiger partial charge < -0.3 is 4.74 Å². The van der Waals surface area contributed by atoms with Gasteiger partial charge in [0.15, 0.2) is 0 Å². The number of benzene rings is 1. The van der Waals surface area contributed by atoms with Crippen molar-refractivity contribution in [3.05, 3.63) is 53.8 Å². The van der Waals surface area contributed by atoms with Gasteiger partial charge in [0, 0.05) is 17.4 Å². The van der Waals surface area contributed by atoms with Crippen molar-refractivity contribution in [3.8, 4) is 0 Å². The monoisotopic (exact) mass is 257 g/mol. The van der Waals surface area contributed by atoms with Gasteiger partial charge in [-0.05, 0) is 19.3 Å². The molecule has 2 nitrogen and oxygen atoms in total. The Labute approximate surface area is 116 Å². The van der Waals surface area contributed by atoms with Crippen LogP contribution in [0.4, 0.5) is 0 Å². The summed E-state index contributed by atoms with van der Waals surface area (Å²) in [4.78, 5) is 4.65. The minimum atomic E-state index is 0.460. The van der Waals surface area contributed by atoms with Crippen molar-refractivity contribution in [1.29, 1.82) is 0 Å². The Morgan fingerprint density at radius 1 is 1.37 bits per heavy atom. The summed E-state index contributed by atoms with van der Waals surface area (Å²) in [7, 11) is 1.63. The van der Waals surface area contributed by atoms with E-state index in [0.29, 0.717) is 11.7 Å². The Morgan fingerprint density at radius 2 is 2.00 bits per heavy atom. The number of aliphatic imine (C=N–C) groups is 1. The minimum absolute atomic E-state index is 0.460. The first-order valence-corrected chi connectivity index (χ1v) is 6.63. The lowest BCUT2D eigenvalue weighted by molar-refractivity contribution is 0.303. The number of hydrogen-bond donors (Lipinski definition) is 0. The summed E-state index contributed by atoms with van der Waals surface area (Å²) in [6.07, 6.45) is 3.07. The summed E-state index contributed by atoms with van der Waals surface area (Å²) < 4.78 is 5.22. The molecule has 0 spiro atoms. The number of methoxy groups -OCH3 is 1. The fourth-order valence-electron chi connectivity index (χ4n) is 1.58. The zero-order chi connectivity index (χ0) is 14.3. The first-order valence-electron chi connectivity index (χ1n) is 6.63. The lowest BCUT2D eigenvalue weighted by Crippen LogP contribution is -1.96. The molecule has 102 valence electrons. The van der Waals surface area contributed by atoms with E-state index < -0.39 is 0 Å². The maximum absolute atomic E-state index is 5.22. The van der Waals surface area contributed by atoms with Crippen LogP contribution in [0.5, 0.6) is 0 Å². The van der Waals surface area contributed by atoms with Gasteiger partial charge in [0.2, 0.25) is 0 Å². The fraction of sp³-hybridized carbons (Fsp3) is 0.353. The van der Waals surface area contributed by atoms with E-state index >= 15 is 0 Å². The van der Waals surface area contributed by atoms with E-state index in [-0.39, 0.29) is 0 Å². The molecule has 0 amide bonds. The Balaban J connectivity index is 3.19. The molecule has 0 radical (unpaired) electrons. The van der Waals surface area contributed by atoms with Gasteiger partial charge in [-0.25, -0.2) is 0 Å². The summed E-state index contributed by atoms with van der Waals surface area (Å²) in [5.41, 5.74) is 2.97.